The van der Waals surface area contributed by atoms with E-state index in [9.17, 15) is 8.42 Å². The van der Waals surface area contributed by atoms with E-state index in [-0.39, 0.29) is 4.99 Å². The molecule has 21 heavy (non-hydrogen) atoms. The first-order valence-electron chi connectivity index (χ1n) is 7.21. The molecule has 116 valence electrons. The molecular formula is C15H22N2O2S2. The van der Waals surface area contributed by atoms with Gasteiger partial charge in [0.15, 0.2) is 0 Å². The summed E-state index contributed by atoms with van der Waals surface area (Å²) in [5.41, 5.74) is 6.91. The van der Waals surface area contributed by atoms with Crippen molar-refractivity contribution in [3.63, 3.8) is 0 Å². The lowest BCUT2D eigenvalue weighted by Crippen LogP contribution is -2.30. The molecule has 6 heteroatoms. The molecule has 0 spiro atoms. The van der Waals surface area contributed by atoms with Crippen LogP contribution in [0.1, 0.15) is 37.3 Å². The van der Waals surface area contributed by atoms with Crippen molar-refractivity contribution in [1.29, 1.82) is 0 Å². The monoisotopic (exact) mass is 326 g/mol. The average Bonchev–Trinajstić information content (AvgIpc) is 2.81. The Bertz CT molecular complexity index is 641. The van der Waals surface area contributed by atoms with Gasteiger partial charge in [-0.05, 0) is 42.9 Å². The smallest absolute Gasteiger partial charge is 0.240 e. The van der Waals surface area contributed by atoms with Crippen molar-refractivity contribution in [1.82, 2.24) is 4.72 Å². The molecule has 0 aromatic heterocycles. The second kappa shape index (κ2) is 6.42. The molecule has 0 amide bonds. The van der Waals surface area contributed by atoms with Crippen LogP contribution in [0.4, 0.5) is 0 Å². The second-order valence-electron chi connectivity index (χ2n) is 5.86. The molecule has 0 radical (unpaired) electrons. The second-order valence-corrected chi connectivity index (χ2v) is 8.04. The topological polar surface area (TPSA) is 72.2 Å². The van der Waals surface area contributed by atoms with Gasteiger partial charge in [0.1, 0.15) is 4.99 Å². The fourth-order valence-corrected chi connectivity index (χ4v) is 4.37. The highest BCUT2D eigenvalue weighted by Gasteiger charge is 2.25. The maximum Gasteiger partial charge on any atom is 0.240 e. The van der Waals surface area contributed by atoms with Gasteiger partial charge in [-0.25, -0.2) is 13.1 Å². The van der Waals surface area contributed by atoms with Crippen molar-refractivity contribution in [2.24, 2.45) is 17.6 Å². The Hall–Kier alpha value is -0.980. The first kappa shape index (κ1) is 16.4. The molecule has 0 bridgehead atoms. The van der Waals surface area contributed by atoms with Gasteiger partial charge in [-0.15, -0.1) is 0 Å². The number of benzene rings is 1. The molecule has 0 aliphatic heterocycles. The summed E-state index contributed by atoms with van der Waals surface area (Å²) >= 11 is 4.91. The zero-order valence-electron chi connectivity index (χ0n) is 12.4. The first-order valence-corrected chi connectivity index (χ1v) is 9.10. The fraction of sp³-hybridized carbons (Fsp3) is 0.533. The zero-order valence-corrected chi connectivity index (χ0v) is 14.1. The van der Waals surface area contributed by atoms with Gasteiger partial charge in [0.25, 0.3) is 0 Å². The van der Waals surface area contributed by atoms with E-state index in [1.54, 1.807) is 25.1 Å². The van der Waals surface area contributed by atoms with E-state index in [4.69, 9.17) is 18.0 Å². The maximum atomic E-state index is 12.4. The molecule has 2 atom stereocenters. The molecule has 2 rings (SSSR count). The van der Waals surface area contributed by atoms with Gasteiger partial charge in [0.05, 0.1) is 4.90 Å². The zero-order chi connectivity index (χ0) is 15.6. The number of hydrogen-bond donors (Lipinski definition) is 2. The Morgan fingerprint density at radius 2 is 2.14 bits per heavy atom. The van der Waals surface area contributed by atoms with Crippen molar-refractivity contribution in [2.45, 2.75) is 38.0 Å². The highest BCUT2D eigenvalue weighted by Crippen LogP contribution is 2.30. The molecule has 1 saturated carbocycles. The van der Waals surface area contributed by atoms with Crippen molar-refractivity contribution in [3.05, 3.63) is 29.3 Å². The van der Waals surface area contributed by atoms with E-state index in [0.717, 1.165) is 6.42 Å². The Labute approximate surface area is 132 Å². The lowest BCUT2D eigenvalue weighted by atomic mass is 9.99. The molecule has 0 saturated heterocycles. The number of thiocarbonyl (C=S) groups is 1. The molecule has 4 nitrogen and oxygen atoms in total. The first-order chi connectivity index (χ1) is 9.81. The molecule has 1 aliphatic rings. The summed E-state index contributed by atoms with van der Waals surface area (Å²) in [5.74, 6) is 1.03. The van der Waals surface area contributed by atoms with Crippen LogP contribution in [-0.2, 0) is 10.0 Å². The molecule has 1 aromatic rings. The lowest BCUT2D eigenvalue weighted by Gasteiger charge is -2.17. The minimum Gasteiger partial charge on any atom is -0.389 e. The number of nitrogens with two attached hydrogens (primary N) is 1. The number of aryl methyl sites for hydroxylation is 1. The predicted octanol–water partition coefficient (Wildman–Crippen LogP) is 2.34. The van der Waals surface area contributed by atoms with Crippen molar-refractivity contribution < 1.29 is 8.42 Å². The van der Waals surface area contributed by atoms with Crippen LogP contribution >= 0.6 is 12.2 Å². The molecule has 1 aromatic carbocycles. The molecule has 1 fully saturated rings. The Morgan fingerprint density at radius 3 is 2.67 bits per heavy atom. The Kier molecular flexibility index (Phi) is 5.01. The average molecular weight is 326 g/mol. The number of rotatable bonds is 5. The van der Waals surface area contributed by atoms with E-state index in [2.05, 4.69) is 11.6 Å². The minimum atomic E-state index is -3.48. The van der Waals surface area contributed by atoms with Crippen LogP contribution in [0, 0.1) is 18.8 Å². The van der Waals surface area contributed by atoms with Crippen LogP contribution < -0.4 is 10.5 Å². The van der Waals surface area contributed by atoms with E-state index in [1.807, 2.05) is 0 Å². The molecule has 2 unspecified atom stereocenters. The van der Waals surface area contributed by atoms with Crippen LogP contribution in [0.5, 0.6) is 0 Å². The summed E-state index contributed by atoms with van der Waals surface area (Å²) in [6, 6.07) is 4.95. The standard InChI is InChI=1S/C15H22N2O2S2/c1-10-4-3-5-13(10)9-17-21(18,19)14-7-6-12(15(16)20)8-11(14)2/h6-8,10,13,17H,3-5,9H2,1-2H3,(H2,16,20). The third-order valence-electron chi connectivity index (χ3n) is 4.32. The summed E-state index contributed by atoms with van der Waals surface area (Å²) in [6.07, 6.45) is 3.48. The lowest BCUT2D eigenvalue weighted by molar-refractivity contribution is 0.414. The van der Waals surface area contributed by atoms with Crippen LogP contribution in [0.25, 0.3) is 0 Å². The summed E-state index contributed by atoms with van der Waals surface area (Å²) < 4.78 is 27.6. The Morgan fingerprint density at radius 1 is 1.43 bits per heavy atom. The van der Waals surface area contributed by atoms with Gasteiger partial charge in [-0.2, -0.15) is 0 Å². The van der Waals surface area contributed by atoms with Gasteiger partial charge in [0.2, 0.25) is 10.0 Å². The highest BCUT2D eigenvalue weighted by molar-refractivity contribution is 7.89. The van der Waals surface area contributed by atoms with Crippen molar-refractivity contribution in [3.8, 4) is 0 Å². The SMILES string of the molecule is Cc1cc(C(N)=S)ccc1S(=O)(=O)NCC1CCCC1C. The van der Waals surface area contributed by atoms with Gasteiger partial charge >= 0.3 is 0 Å². The van der Waals surface area contributed by atoms with E-state index >= 15 is 0 Å². The van der Waals surface area contributed by atoms with E-state index in [1.165, 1.54) is 12.8 Å². The van der Waals surface area contributed by atoms with Crippen molar-refractivity contribution in [2.75, 3.05) is 6.54 Å². The summed E-state index contributed by atoms with van der Waals surface area (Å²) in [4.78, 5) is 0.572. The van der Waals surface area contributed by atoms with E-state index < -0.39 is 10.0 Å². The minimum absolute atomic E-state index is 0.273. The molecule has 1 aliphatic carbocycles. The van der Waals surface area contributed by atoms with Gasteiger partial charge in [0, 0.05) is 12.1 Å². The van der Waals surface area contributed by atoms with Crippen LogP contribution in [-0.4, -0.2) is 20.0 Å². The normalized spacial score (nSPS) is 22.4. The van der Waals surface area contributed by atoms with Crippen LogP contribution in [0.3, 0.4) is 0 Å². The van der Waals surface area contributed by atoms with Gasteiger partial charge in [-0.3, -0.25) is 0 Å². The summed E-state index contributed by atoms with van der Waals surface area (Å²) in [5, 5.41) is 0. The fourth-order valence-electron chi connectivity index (χ4n) is 2.92. The molecule has 0 heterocycles. The third kappa shape index (κ3) is 3.81. The van der Waals surface area contributed by atoms with Gasteiger partial charge in [-0.1, -0.05) is 38.0 Å². The van der Waals surface area contributed by atoms with Gasteiger partial charge < -0.3 is 5.73 Å². The highest BCUT2D eigenvalue weighted by atomic mass is 32.2. The van der Waals surface area contributed by atoms with E-state index in [0.29, 0.717) is 34.4 Å². The van der Waals surface area contributed by atoms with Crippen molar-refractivity contribution >= 4 is 27.2 Å². The largest absolute Gasteiger partial charge is 0.389 e. The van der Waals surface area contributed by atoms with Crippen LogP contribution in [0.2, 0.25) is 0 Å². The number of nitrogens with one attached hydrogen (secondary N) is 1. The Balaban J connectivity index is 2.14. The molecular weight excluding hydrogens is 304 g/mol. The predicted molar refractivity (Wildman–Crippen MR) is 88.8 cm³/mol. The number of hydrogen-bond acceptors (Lipinski definition) is 3. The quantitative estimate of drug-likeness (QED) is 0.815. The maximum absolute atomic E-state index is 12.4. The third-order valence-corrected chi connectivity index (χ3v) is 6.14. The summed E-state index contributed by atoms with van der Waals surface area (Å²) in [7, 11) is -3.48. The van der Waals surface area contributed by atoms with Crippen LogP contribution in [0.15, 0.2) is 23.1 Å². The number of sulfonamides is 1. The molecule has 3 N–H and O–H groups in total. The summed E-state index contributed by atoms with van der Waals surface area (Å²) in [6.45, 7) is 4.46.